The Kier molecular flexibility index (Phi) is 3.97. The molecule has 1 aliphatic heterocycles. The molecule has 0 unspecified atom stereocenters. The van der Waals surface area contributed by atoms with Crippen molar-refractivity contribution in [2.24, 2.45) is 11.0 Å². The van der Waals surface area contributed by atoms with Gasteiger partial charge in [-0.1, -0.05) is 0 Å². The number of aliphatic hydroxyl groups is 1. The maximum Gasteiger partial charge on any atom is 0.438 e. The molecule has 3 heterocycles. The topological polar surface area (TPSA) is 74.8 Å². The standard InChI is InChI=1S/C16H12F6N4O2/c17-15(18,19)12-6-9(11-2-1-5-28-11)23-13(24-12)26-14(27,16(20,21)22)7-10(25-26)8-3-4-8/h1-2,5-6,8,27H,3-4,7H2/t14-/m0/s1. The van der Waals surface area contributed by atoms with Gasteiger partial charge in [-0.3, -0.25) is 0 Å². The Hall–Kier alpha value is -2.63. The highest BCUT2D eigenvalue weighted by molar-refractivity contribution is 5.92. The SMILES string of the molecule is O[C@]1(C(F)(F)F)CC(C2CC2)=NN1c1nc(-c2ccco2)cc(C(F)(F)F)n1. The van der Waals surface area contributed by atoms with E-state index in [4.69, 9.17) is 4.42 Å². The van der Waals surface area contributed by atoms with Crippen LogP contribution in [0.5, 0.6) is 0 Å². The van der Waals surface area contributed by atoms with Crippen LogP contribution < -0.4 is 5.01 Å². The molecule has 12 heteroatoms. The summed E-state index contributed by atoms with van der Waals surface area (Å²) in [5, 5.41) is 14.1. The number of alkyl halides is 6. The molecule has 4 rings (SSSR count). The molecule has 0 bridgehead atoms. The smallest absolute Gasteiger partial charge is 0.438 e. The zero-order chi connectivity index (χ0) is 20.3. The lowest BCUT2D eigenvalue weighted by molar-refractivity contribution is -0.254. The second-order valence-electron chi connectivity index (χ2n) is 6.58. The summed E-state index contributed by atoms with van der Waals surface area (Å²) >= 11 is 0. The third-order valence-corrected chi connectivity index (χ3v) is 4.48. The van der Waals surface area contributed by atoms with Crippen molar-refractivity contribution in [1.29, 1.82) is 0 Å². The fraction of sp³-hybridized carbons (Fsp3) is 0.438. The van der Waals surface area contributed by atoms with Crippen LogP contribution in [0.25, 0.3) is 11.5 Å². The van der Waals surface area contributed by atoms with Crippen LogP contribution in [0.4, 0.5) is 32.3 Å². The molecule has 1 fully saturated rings. The van der Waals surface area contributed by atoms with Crippen molar-refractivity contribution in [1.82, 2.24) is 9.97 Å². The monoisotopic (exact) mass is 406 g/mol. The largest absolute Gasteiger partial charge is 0.463 e. The highest BCUT2D eigenvalue weighted by Crippen LogP contribution is 2.46. The lowest BCUT2D eigenvalue weighted by Gasteiger charge is -2.32. The van der Waals surface area contributed by atoms with Crippen LogP contribution in [0.3, 0.4) is 0 Å². The van der Waals surface area contributed by atoms with Crippen LogP contribution in [-0.2, 0) is 6.18 Å². The molecular formula is C16H12F6N4O2. The van der Waals surface area contributed by atoms with Gasteiger partial charge in [-0.25, -0.2) is 9.97 Å². The zero-order valence-electron chi connectivity index (χ0n) is 13.9. The van der Waals surface area contributed by atoms with Crippen molar-refractivity contribution >= 4 is 11.7 Å². The molecule has 6 nitrogen and oxygen atoms in total. The number of hydrazone groups is 1. The molecule has 1 saturated carbocycles. The van der Waals surface area contributed by atoms with E-state index in [2.05, 4.69) is 15.1 Å². The minimum atomic E-state index is -5.20. The first kappa shape index (κ1) is 18.7. The van der Waals surface area contributed by atoms with E-state index in [0.29, 0.717) is 18.9 Å². The van der Waals surface area contributed by atoms with Crippen molar-refractivity contribution in [3.05, 3.63) is 30.2 Å². The molecule has 150 valence electrons. The summed E-state index contributed by atoms with van der Waals surface area (Å²) < 4.78 is 85.5. The van der Waals surface area contributed by atoms with Gasteiger partial charge >= 0.3 is 12.4 Å². The lowest BCUT2D eigenvalue weighted by atomic mass is 10.0. The number of hydrogen-bond donors (Lipinski definition) is 1. The first-order valence-corrected chi connectivity index (χ1v) is 8.16. The Morgan fingerprint density at radius 2 is 1.86 bits per heavy atom. The zero-order valence-corrected chi connectivity index (χ0v) is 13.9. The Morgan fingerprint density at radius 1 is 1.14 bits per heavy atom. The highest BCUT2D eigenvalue weighted by atomic mass is 19.4. The van der Waals surface area contributed by atoms with Gasteiger partial charge in [0.1, 0.15) is 5.69 Å². The second-order valence-corrected chi connectivity index (χ2v) is 6.58. The maximum absolute atomic E-state index is 13.6. The van der Waals surface area contributed by atoms with Crippen molar-refractivity contribution in [2.75, 3.05) is 5.01 Å². The van der Waals surface area contributed by atoms with Gasteiger partial charge < -0.3 is 9.52 Å². The summed E-state index contributed by atoms with van der Waals surface area (Å²) in [4.78, 5) is 6.95. The van der Waals surface area contributed by atoms with Crippen molar-refractivity contribution < 1.29 is 35.9 Å². The molecule has 0 spiro atoms. The summed E-state index contributed by atoms with van der Waals surface area (Å²) in [6.45, 7) is 0. The summed E-state index contributed by atoms with van der Waals surface area (Å²) in [6.07, 6.45) is -8.66. The average Bonchev–Trinajstić information content (AvgIpc) is 3.16. The van der Waals surface area contributed by atoms with Gasteiger partial charge in [0.05, 0.1) is 6.26 Å². The fourth-order valence-electron chi connectivity index (χ4n) is 2.87. The first-order valence-electron chi connectivity index (χ1n) is 8.16. The number of aromatic nitrogens is 2. The molecule has 1 atom stereocenters. The van der Waals surface area contributed by atoms with Gasteiger partial charge in [-0.05, 0) is 37.0 Å². The van der Waals surface area contributed by atoms with Crippen LogP contribution in [0.15, 0.2) is 34.0 Å². The minimum Gasteiger partial charge on any atom is -0.463 e. The first-order chi connectivity index (χ1) is 13.0. The van der Waals surface area contributed by atoms with Gasteiger partial charge in [-0.15, -0.1) is 0 Å². The Morgan fingerprint density at radius 3 is 2.39 bits per heavy atom. The number of rotatable bonds is 3. The van der Waals surface area contributed by atoms with Crippen LogP contribution in [0.2, 0.25) is 0 Å². The molecule has 0 aromatic carbocycles. The summed E-state index contributed by atoms with van der Waals surface area (Å²) in [7, 11) is 0. The molecule has 0 radical (unpaired) electrons. The molecule has 2 aromatic rings. The average molecular weight is 406 g/mol. The van der Waals surface area contributed by atoms with E-state index < -0.39 is 36.1 Å². The lowest BCUT2D eigenvalue weighted by Crippen LogP contribution is -2.55. The molecule has 2 aromatic heterocycles. The van der Waals surface area contributed by atoms with Crippen LogP contribution in [-0.4, -0.2) is 32.7 Å². The maximum atomic E-state index is 13.6. The molecule has 0 saturated heterocycles. The summed E-state index contributed by atoms with van der Waals surface area (Å²) in [5.74, 6) is -1.36. The van der Waals surface area contributed by atoms with Crippen LogP contribution in [0, 0.1) is 5.92 Å². The molecule has 0 amide bonds. The molecule has 28 heavy (non-hydrogen) atoms. The number of furan rings is 1. The van der Waals surface area contributed by atoms with E-state index in [9.17, 15) is 31.4 Å². The number of anilines is 1. The van der Waals surface area contributed by atoms with E-state index in [1.807, 2.05) is 0 Å². The molecular weight excluding hydrogens is 394 g/mol. The predicted molar refractivity (Wildman–Crippen MR) is 83.0 cm³/mol. The van der Waals surface area contributed by atoms with E-state index in [1.54, 1.807) is 0 Å². The van der Waals surface area contributed by atoms with E-state index in [-0.39, 0.29) is 28.1 Å². The van der Waals surface area contributed by atoms with E-state index in [0.717, 1.165) is 0 Å². The van der Waals surface area contributed by atoms with Crippen molar-refractivity contribution in [2.45, 2.75) is 37.3 Å². The predicted octanol–water partition coefficient (Wildman–Crippen LogP) is 3.98. The Balaban J connectivity index is 1.87. The third-order valence-electron chi connectivity index (χ3n) is 4.48. The van der Waals surface area contributed by atoms with E-state index in [1.165, 1.54) is 18.4 Å². The van der Waals surface area contributed by atoms with Crippen LogP contribution in [0.1, 0.15) is 25.0 Å². The highest BCUT2D eigenvalue weighted by Gasteiger charge is 2.63. The van der Waals surface area contributed by atoms with E-state index >= 15 is 0 Å². The van der Waals surface area contributed by atoms with Gasteiger partial charge in [0.25, 0.3) is 5.72 Å². The molecule has 1 N–H and O–H groups in total. The number of halogens is 6. The summed E-state index contributed by atoms with van der Waals surface area (Å²) in [6, 6.07) is 3.23. The Labute approximate surface area is 153 Å². The Bertz CT molecular complexity index is 920. The quantitative estimate of drug-likeness (QED) is 0.781. The third kappa shape index (κ3) is 3.11. The number of nitrogens with zero attached hydrogens (tertiary/aromatic N) is 4. The molecule has 1 aliphatic carbocycles. The fourth-order valence-corrected chi connectivity index (χ4v) is 2.87. The normalized spacial score (nSPS) is 23.2. The van der Waals surface area contributed by atoms with Gasteiger partial charge in [0, 0.05) is 12.1 Å². The van der Waals surface area contributed by atoms with Gasteiger partial charge in [0.2, 0.25) is 5.95 Å². The van der Waals surface area contributed by atoms with Gasteiger partial charge in [0.15, 0.2) is 11.5 Å². The number of hydrogen-bond acceptors (Lipinski definition) is 6. The minimum absolute atomic E-state index is 0.0301. The summed E-state index contributed by atoms with van der Waals surface area (Å²) in [5.41, 5.74) is -5.35. The second kappa shape index (κ2) is 5.93. The van der Waals surface area contributed by atoms with Crippen molar-refractivity contribution in [3.8, 4) is 11.5 Å². The van der Waals surface area contributed by atoms with Gasteiger partial charge in [-0.2, -0.15) is 36.5 Å². The van der Waals surface area contributed by atoms with Crippen LogP contribution >= 0.6 is 0 Å². The molecule has 2 aliphatic rings. The van der Waals surface area contributed by atoms with Crippen molar-refractivity contribution in [3.63, 3.8) is 0 Å².